The van der Waals surface area contributed by atoms with Gasteiger partial charge in [0, 0.05) is 17.8 Å². The highest BCUT2D eigenvalue weighted by molar-refractivity contribution is 8.00. The van der Waals surface area contributed by atoms with Gasteiger partial charge in [-0.25, -0.2) is 4.98 Å². The molecule has 0 spiro atoms. The number of aromatic amines is 1. The fraction of sp³-hybridized carbons (Fsp3) is 0.278. The van der Waals surface area contributed by atoms with Crippen LogP contribution in [0.5, 0.6) is 0 Å². The van der Waals surface area contributed by atoms with Gasteiger partial charge in [0.25, 0.3) is 5.56 Å². The van der Waals surface area contributed by atoms with Crippen LogP contribution in [0.2, 0.25) is 0 Å². The van der Waals surface area contributed by atoms with Gasteiger partial charge in [0.05, 0.1) is 5.25 Å². The van der Waals surface area contributed by atoms with Crippen molar-refractivity contribution >= 4 is 34.1 Å². The third-order valence-corrected chi connectivity index (χ3v) is 5.71. The van der Waals surface area contributed by atoms with Crippen molar-refractivity contribution in [1.82, 2.24) is 20.2 Å². The van der Waals surface area contributed by atoms with Gasteiger partial charge in [0.1, 0.15) is 5.01 Å². The zero-order valence-corrected chi connectivity index (χ0v) is 17.0. The molecule has 0 saturated heterocycles. The zero-order valence-electron chi connectivity index (χ0n) is 15.4. The summed E-state index contributed by atoms with van der Waals surface area (Å²) < 4.78 is 0. The second kappa shape index (κ2) is 8.01. The number of hydrogen-bond acceptors (Lipinski definition) is 7. The minimum Gasteiger partial charge on any atom is -0.301 e. The molecule has 9 heteroatoms. The SMILES string of the molecule is Cc1cc(C)c(-c2nnc(NC(=O)C(C)Sc3nccc(=O)[nH]3)s2)c(C)c1. The molecule has 0 aliphatic rings. The third-order valence-electron chi connectivity index (χ3n) is 3.85. The van der Waals surface area contributed by atoms with Gasteiger partial charge in [-0.15, -0.1) is 10.2 Å². The van der Waals surface area contributed by atoms with E-state index in [1.165, 1.54) is 40.9 Å². The van der Waals surface area contributed by atoms with Gasteiger partial charge < -0.3 is 4.98 Å². The number of benzene rings is 1. The average Bonchev–Trinajstić information content (AvgIpc) is 3.01. The molecule has 1 amide bonds. The van der Waals surface area contributed by atoms with E-state index in [1.807, 2.05) is 13.8 Å². The molecular weight excluding hydrogens is 382 g/mol. The van der Waals surface area contributed by atoms with Gasteiger partial charge in [0.2, 0.25) is 11.0 Å². The Labute approximate surface area is 164 Å². The number of nitrogens with one attached hydrogen (secondary N) is 2. The summed E-state index contributed by atoms with van der Waals surface area (Å²) >= 11 is 2.51. The van der Waals surface area contributed by atoms with Crippen LogP contribution < -0.4 is 10.9 Å². The van der Waals surface area contributed by atoms with E-state index in [9.17, 15) is 9.59 Å². The maximum Gasteiger partial charge on any atom is 0.251 e. The van der Waals surface area contributed by atoms with Gasteiger partial charge in [-0.3, -0.25) is 14.9 Å². The summed E-state index contributed by atoms with van der Waals surface area (Å²) in [5.74, 6) is -0.230. The van der Waals surface area contributed by atoms with Crippen molar-refractivity contribution in [3.63, 3.8) is 0 Å². The number of anilines is 1. The summed E-state index contributed by atoms with van der Waals surface area (Å²) in [5, 5.41) is 12.3. The van der Waals surface area contributed by atoms with Gasteiger partial charge in [0.15, 0.2) is 5.16 Å². The molecule has 3 aromatic rings. The van der Waals surface area contributed by atoms with Crippen LogP contribution in [0.3, 0.4) is 0 Å². The number of amides is 1. The predicted octanol–water partition coefficient (Wildman–Crippen LogP) is 3.33. The van der Waals surface area contributed by atoms with Crippen LogP contribution in [0.1, 0.15) is 23.6 Å². The van der Waals surface area contributed by atoms with Gasteiger partial charge in [-0.1, -0.05) is 40.8 Å². The number of nitrogens with zero attached hydrogens (tertiary/aromatic N) is 3. The topological polar surface area (TPSA) is 101 Å². The van der Waals surface area contributed by atoms with Gasteiger partial charge in [-0.05, 0) is 38.8 Å². The van der Waals surface area contributed by atoms with E-state index in [4.69, 9.17) is 0 Å². The molecule has 0 radical (unpaired) electrons. The number of aromatic nitrogens is 4. The van der Waals surface area contributed by atoms with Crippen LogP contribution in [0.4, 0.5) is 5.13 Å². The van der Waals surface area contributed by atoms with Crippen molar-refractivity contribution in [1.29, 1.82) is 0 Å². The van der Waals surface area contributed by atoms with Crippen LogP contribution in [0.15, 0.2) is 34.3 Å². The van der Waals surface area contributed by atoms with Crippen LogP contribution in [-0.4, -0.2) is 31.3 Å². The van der Waals surface area contributed by atoms with Crippen molar-refractivity contribution < 1.29 is 4.79 Å². The lowest BCUT2D eigenvalue weighted by atomic mass is 10.0. The molecular formula is C18H19N5O2S2. The predicted molar refractivity (Wildman–Crippen MR) is 108 cm³/mol. The van der Waals surface area contributed by atoms with Crippen molar-refractivity contribution in [2.24, 2.45) is 0 Å². The summed E-state index contributed by atoms with van der Waals surface area (Å²) in [6.45, 7) is 7.88. The molecule has 0 aliphatic carbocycles. The van der Waals surface area contributed by atoms with Crippen LogP contribution in [0, 0.1) is 20.8 Å². The number of rotatable bonds is 5. The number of aryl methyl sites for hydroxylation is 3. The first kappa shape index (κ1) is 19.2. The second-order valence-electron chi connectivity index (χ2n) is 6.17. The lowest BCUT2D eigenvalue weighted by Gasteiger charge is -2.09. The molecule has 27 heavy (non-hydrogen) atoms. The van der Waals surface area contributed by atoms with Crippen molar-refractivity contribution in [2.45, 2.75) is 38.1 Å². The highest BCUT2D eigenvalue weighted by Crippen LogP contribution is 2.32. The van der Waals surface area contributed by atoms with Crippen molar-refractivity contribution in [3.8, 4) is 10.6 Å². The molecule has 3 rings (SSSR count). The standard InChI is InChI=1S/C18H19N5O2S2/c1-9-7-10(2)14(11(3)8-9)16-22-23-18(27-16)21-15(25)12(4)26-17-19-6-5-13(24)20-17/h5-8,12H,1-4H3,(H,19,20,24)(H,21,23,25). The second-order valence-corrected chi connectivity index (χ2v) is 8.48. The Morgan fingerprint density at radius 1 is 1.22 bits per heavy atom. The summed E-state index contributed by atoms with van der Waals surface area (Å²) in [6.07, 6.45) is 1.41. The molecule has 1 unspecified atom stereocenters. The largest absolute Gasteiger partial charge is 0.301 e. The molecule has 0 fully saturated rings. The first-order valence-electron chi connectivity index (χ1n) is 8.28. The molecule has 2 heterocycles. The maximum atomic E-state index is 12.4. The van der Waals surface area contributed by atoms with Crippen molar-refractivity contribution in [2.75, 3.05) is 5.32 Å². The number of H-pyrrole nitrogens is 1. The Balaban J connectivity index is 1.72. The van der Waals surface area contributed by atoms with E-state index in [-0.39, 0.29) is 11.5 Å². The van der Waals surface area contributed by atoms with Crippen LogP contribution in [-0.2, 0) is 4.79 Å². The molecule has 0 saturated carbocycles. The summed E-state index contributed by atoms with van der Waals surface area (Å²) in [7, 11) is 0. The van der Waals surface area contributed by atoms with Crippen LogP contribution >= 0.6 is 23.1 Å². The Hall–Kier alpha value is -2.52. The van der Waals surface area contributed by atoms with E-state index in [0.717, 1.165) is 21.7 Å². The molecule has 0 aliphatic heterocycles. The fourth-order valence-electron chi connectivity index (χ4n) is 2.73. The van der Waals surface area contributed by atoms with E-state index in [0.29, 0.717) is 10.3 Å². The van der Waals surface area contributed by atoms with Gasteiger partial charge >= 0.3 is 0 Å². The molecule has 2 aromatic heterocycles. The van der Waals surface area contributed by atoms with E-state index in [2.05, 4.69) is 44.5 Å². The summed E-state index contributed by atoms with van der Waals surface area (Å²) in [5.41, 5.74) is 4.25. The molecule has 140 valence electrons. The van der Waals surface area contributed by atoms with E-state index >= 15 is 0 Å². The van der Waals surface area contributed by atoms with E-state index in [1.54, 1.807) is 6.92 Å². The monoisotopic (exact) mass is 401 g/mol. The average molecular weight is 402 g/mol. The molecule has 1 atom stereocenters. The smallest absolute Gasteiger partial charge is 0.251 e. The zero-order chi connectivity index (χ0) is 19.6. The molecule has 0 bridgehead atoms. The Morgan fingerprint density at radius 2 is 1.93 bits per heavy atom. The maximum absolute atomic E-state index is 12.4. The minimum atomic E-state index is -0.453. The number of carbonyl (C=O) groups is 1. The third kappa shape index (κ3) is 4.61. The fourth-order valence-corrected chi connectivity index (χ4v) is 4.44. The first-order chi connectivity index (χ1) is 12.8. The summed E-state index contributed by atoms with van der Waals surface area (Å²) in [6, 6.07) is 5.54. The normalized spacial score (nSPS) is 12.0. The molecule has 7 nitrogen and oxygen atoms in total. The Kier molecular flexibility index (Phi) is 5.71. The quantitative estimate of drug-likeness (QED) is 0.502. The van der Waals surface area contributed by atoms with Crippen molar-refractivity contribution in [3.05, 3.63) is 51.4 Å². The van der Waals surface area contributed by atoms with Gasteiger partial charge in [-0.2, -0.15) is 0 Å². The summed E-state index contributed by atoms with van der Waals surface area (Å²) in [4.78, 5) is 30.4. The number of carbonyl (C=O) groups excluding carboxylic acids is 1. The lowest BCUT2D eigenvalue weighted by molar-refractivity contribution is -0.115. The highest BCUT2D eigenvalue weighted by atomic mass is 32.2. The number of thioether (sulfide) groups is 1. The first-order valence-corrected chi connectivity index (χ1v) is 9.97. The lowest BCUT2D eigenvalue weighted by Crippen LogP contribution is -2.23. The molecule has 1 aromatic carbocycles. The number of hydrogen-bond donors (Lipinski definition) is 2. The Morgan fingerprint density at radius 3 is 2.59 bits per heavy atom. The highest BCUT2D eigenvalue weighted by Gasteiger charge is 2.19. The van der Waals surface area contributed by atoms with Crippen LogP contribution in [0.25, 0.3) is 10.6 Å². The molecule has 2 N–H and O–H groups in total. The van der Waals surface area contributed by atoms with E-state index < -0.39 is 5.25 Å². The minimum absolute atomic E-state index is 0.230. The Bertz CT molecular complexity index is 1020.